The average molecular weight is 620 g/mol. The molecule has 7 aliphatic carbocycles. The topological polar surface area (TPSA) is 45.3 Å². The molecule has 0 radical (unpaired) electrons. The molecule has 7 saturated carbocycles. The van der Waals surface area contributed by atoms with E-state index in [1.54, 1.807) is 32.1 Å². The molecule has 9 fully saturated rings. The average Bonchev–Trinajstić information content (AvgIpc) is 3.50. The number of hydrogen-bond donors (Lipinski definition) is 3. The fourth-order valence-electron chi connectivity index (χ4n) is 14.3. The first-order chi connectivity index (χ1) is 22.3. The van der Waals surface area contributed by atoms with Gasteiger partial charge in [-0.05, 0) is 149 Å². The second-order valence-corrected chi connectivity index (χ2v) is 18.7. The molecule has 13 unspecified atom stereocenters. The van der Waals surface area contributed by atoms with Crippen LogP contribution in [0.1, 0.15) is 161 Å². The molecule has 0 aromatic carbocycles. The predicted molar refractivity (Wildman–Crippen MR) is 183 cm³/mol. The van der Waals surface area contributed by atoms with E-state index in [-0.39, 0.29) is 0 Å². The SMILES string of the molecule is C1CCC(C2NC(C3CCCCC3)NC(C3CCC4C(C3)OC3C4CC(C4CCC5CCCCC5C4)C4CCCCC43)N2)CC1. The Morgan fingerprint density at radius 1 is 0.311 bits per heavy atom. The van der Waals surface area contributed by atoms with Gasteiger partial charge >= 0.3 is 0 Å². The molecule has 0 aromatic rings. The molecule has 9 rings (SSSR count). The minimum atomic E-state index is 0.470. The molecule has 9 aliphatic rings. The third-order valence-corrected chi connectivity index (χ3v) is 16.6. The third-order valence-electron chi connectivity index (χ3n) is 16.6. The molecular weight excluding hydrogens is 550 g/mol. The molecule has 4 nitrogen and oxygen atoms in total. The fourth-order valence-corrected chi connectivity index (χ4v) is 14.3. The van der Waals surface area contributed by atoms with E-state index >= 15 is 0 Å². The normalized spacial score (nSPS) is 51.5. The molecule has 0 spiro atoms. The van der Waals surface area contributed by atoms with Gasteiger partial charge in [-0.1, -0.05) is 77.0 Å². The van der Waals surface area contributed by atoms with E-state index in [1.165, 1.54) is 128 Å². The number of nitrogens with one attached hydrogen (secondary N) is 3. The third kappa shape index (κ3) is 6.14. The van der Waals surface area contributed by atoms with Crippen molar-refractivity contribution in [2.24, 2.45) is 65.1 Å². The summed E-state index contributed by atoms with van der Waals surface area (Å²) >= 11 is 0. The van der Waals surface area contributed by atoms with Crippen LogP contribution in [0.15, 0.2) is 0 Å². The van der Waals surface area contributed by atoms with Gasteiger partial charge in [-0.2, -0.15) is 0 Å². The van der Waals surface area contributed by atoms with Crippen LogP contribution in [0.2, 0.25) is 0 Å². The van der Waals surface area contributed by atoms with E-state index in [0.717, 1.165) is 65.1 Å². The largest absolute Gasteiger partial charge is 0.374 e. The smallest absolute Gasteiger partial charge is 0.0641 e. The summed E-state index contributed by atoms with van der Waals surface area (Å²) in [5, 5.41) is 12.7. The van der Waals surface area contributed by atoms with Crippen molar-refractivity contribution in [3.05, 3.63) is 0 Å². The van der Waals surface area contributed by atoms with Crippen LogP contribution in [-0.4, -0.2) is 30.7 Å². The molecular formula is C41H69N3O. The quantitative estimate of drug-likeness (QED) is 0.294. The molecule has 3 N–H and O–H groups in total. The molecule has 0 aromatic heterocycles. The number of fused-ring (bicyclic) bond motifs is 6. The lowest BCUT2D eigenvalue weighted by atomic mass is 9.53. The first-order valence-electron chi connectivity index (χ1n) is 21.2. The Labute approximate surface area is 276 Å². The van der Waals surface area contributed by atoms with Gasteiger partial charge in [0, 0.05) is 0 Å². The Bertz CT molecular complexity index is 950. The van der Waals surface area contributed by atoms with Gasteiger partial charge in [0.1, 0.15) is 0 Å². The Morgan fingerprint density at radius 2 is 0.844 bits per heavy atom. The fraction of sp³-hybridized carbons (Fsp3) is 1.00. The highest BCUT2D eigenvalue weighted by Crippen LogP contribution is 2.60. The van der Waals surface area contributed by atoms with Gasteiger partial charge in [0.15, 0.2) is 0 Å². The summed E-state index contributed by atoms with van der Waals surface area (Å²) < 4.78 is 7.40. The van der Waals surface area contributed by atoms with Gasteiger partial charge in [0.05, 0.1) is 30.7 Å². The summed E-state index contributed by atoms with van der Waals surface area (Å²) in [5.41, 5.74) is 0. The zero-order chi connectivity index (χ0) is 29.7. The number of hydrogen-bond acceptors (Lipinski definition) is 4. The lowest BCUT2D eigenvalue weighted by Crippen LogP contribution is -2.72. The van der Waals surface area contributed by atoms with Crippen molar-refractivity contribution in [2.45, 2.75) is 191 Å². The Balaban J connectivity index is 0.897. The molecule has 0 bridgehead atoms. The Hall–Kier alpha value is -0.160. The van der Waals surface area contributed by atoms with Crippen LogP contribution in [0, 0.1) is 65.1 Å². The summed E-state index contributed by atoms with van der Waals surface area (Å²) in [6.45, 7) is 0. The minimum absolute atomic E-state index is 0.470. The second-order valence-electron chi connectivity index (χ2n) is 18.7. The van der Waals surface area contributed by atoms with Crippen molar-refractivity contribution in [3.8, 4) is 0 Å². The van der Waals surface area contributed by atoms with Gasteiger partial charge < -0.3 is 4.74 Å². The van der Waals surface area contributed by atoms with E-state index in [9.17, 15) is 0 Å². The molecule has 254 valence electrons. The Morgan fingerprint density at radius 3 is 1.56 bits per heavy atom. The van der Waals surface area contributed by atoms with Crippen molar-refractivity contribution < 1.29 is 4.74 Å². The molecule has 0 amide bonds. The molecule has 13 atom stereocenters. The molecule has 45 heavy (non-hydrogen) atoms. The predicted octanol–water partition coefficient (Wildman–Crippen LogP) is 9.14. The van der Waals surface area contributed by atoms with Gasteiger partial charge in [0.25, 0.3) is 0 Å². The highest BCUT2D eigenvalue weighted by atomic mass is 16.5. The zero-order valence-electron chi connectivity index (χ0n) is 28.8. The van der Waals surface area contributed by atoms with Crippen LogP contribution in [-0.2, 0) is 4.74 Å². The number of rotatable bonds is 4. The van der Waals surface area contributed by atoms with Crippen LogP contribution in [0.3, 0.4) is 0 Å². The standard InChI is InChI=1S/C41H69N3O/c1-3-12-27(13-4-1)39-42-40(28-14-5-2-6-15-28)44-41(43-39)31-21-22-33-36-25-35(30-20-19-26-11-7-8-16-29(26)23-30)32-17-9-10-18-34(32)38(36)45-37(33)24-31/h26-44H,1-25H2. The summed E-state index contributed by atoms with van der Waals surface area (Å²) in [6, 6.07) is 0. The first kappa shape index (κ1) is 30.9. The van der Waals surface area contributed by atoms with Crippen molar-refractivity contribution in [3.63, 3.8) is 0 Å². The van der Waals surface area contributed by atoms with Crippen LogP contribution in [0.25, 0.3) is 0 Å². The Kier molecular flexibility index (Phi) is 9.35. The maximum absolute atomic E-state index is 7.40. The van der Waals surface area contributed by atoms with E-state index in [2.05, 4.69) is 16.0 Å². The lowest BCUT2D eigenvalue weighted by molar-refractivity contribution is -0.0928. The maximum Gasteiger partial charge on any atom is 0.0641 e. The highest BCUT2D eigenvalue weighted by Gasteiger charge is 2.57. The maximum atomic E-state index is 7.40. The summed E-state index contributed by atoms with van der Waals surface area (Å²) in [6.07, 6.45) is 39.5. The highest BCUT2D eigenvalue weighted by molar-refractivity contribution is 5.06. The van der Waals surface area contributed by atoms with E-state index in [0.29, 0.717) is 30.7 Å². The van der Waals surface area contributed by atoms with Crippen LogP contribution in [0.4, 0.5) is 0 Å². The molecule has 2 saturated heterocycles. The van der Waals surface area contributed by atoms with E-state index in [1.807, 2.05) is 0 Å². The molecule has 2 heterocycles. The van der Waals surface area contributed by atoms with Crippen molar-refractivity contribution in [1.29, 1.82) is 0 Å². The second kappa shape index (κ2) is 13.6. The molecule has 2 aliphatic heterocycles. The van der Waals surface area contributed by atoms with Gasteiger partial charge in [-0.3, -0.25) is 16.0 Å². The van der Waals surface area contributed by atoms with Gasteiger partial charge in [0.2, 0.25) is 0 Å². The monoisotopic (exact) mass is 620 g/mol. The first-order valence-corrected chi connectivity index (χ1v) is 21.2. The van der Waals surface area contributed by atoms with Crippen LogP contribution in [0.5, 0.6) is 0 Å². The van der Waals surface area contributed by atoms with Crippen molar-refractivity contribution >= 4 is 0 Å². The summed E-state index contributed by atoms with van der Waals surface area (Å²) in [5.74, 6) is 10.2. The minimum Gasteiger partial charge on any atom is -0.374 e. The van der Waals surface area contributed by atoms with Crippen molar-refractivity contribution in [2.75, 3.05) is 0 Å². The zero-order valence-corrected chi connectivity index (χ0v) is 28.8. The van der Waals surface area contributed by atoms with E-state index < -0.39 is 0 Å². The van der Waals surface area contributed by atoms with Crippen LogP contribution < -0.4 is 16.0 Å². The van der Waals surface area contributed by atoms with Gasteiger partial charge in [-0.25, -0.2) is 0 Å². The van der Waals surface area contributed by atoms with Crippen LogP contribution >= 0.6 is 0 Å². The summed E-state index contributed by atoms with van der Waals surface area (Å²) in [4.78, 5) is 0. The lowest BCUT2D eigenvalue weighted by Gasteiger charge is -2.52. The van der Waals surface area contributed by atoms with Gasteiger partial charge in [-0.15, -0.1) is 0 Å². The number of ether oxygens (including phenoxy) is 1. The summed E-state index contributed by atoms with van der Waals surface area (Å²) in [7, 11) is 0. The van der Waals surface area contributed by atoms with E-state index in [4.69, 9.17) is 4.74 Å². The molecule has 4 heteroatoms. The van der Waals surface area contributed by atoms with Crippen molar-refractivity contribution in [1.82, 2.24) is 16.0 Å².